The molecular weight excluding hydrogens is 480 g/mol. The van der Waals surface area contributed by atoms with Gasteiger partial charge in [0.15, 0.2) is 0 Å². The highest BCUT2D eigenvalue weighted by atomic mass is 16.4. The Morgan fingerprint density at radius 3 is 1.78 bits per heavy atom. The van der Waals surface area contributed by atoms with Crippen LogP contribution in [0.3, 0.4) is 0 Å². The highest BCUT2D eigenvalue weighted by molar-refractivity contribution is 5.94. The minimum absolute atomic E-state index is 0.0417. The Balaban J connectivity index is 3.02. The van der Waals surface area contributed by atoms with E-state index >= 15 is 0 Å². The number of carbonyl (C=O) groups excluding carboxylic acids is 3. The van der Waals surface area contributed by atoms with E-state index in [0.717, 1.165) is 0 Å². The number of amides is 3. The van der Waals surface area contributed by atoms with Crippen LogP contribution in [0.2, 0.25) is 0 Å². The summed E-state index contributed by atoms with van der Waals surface area (Å²) in [6, 6.07) is 4.36. The molecule has 1 rings (SSSR count). The number of hydrogen-bond acceptors (Lipinski definition) is 6. The van der Waals surface area contributed by atoms with E-state index in [0.29, 0.717) is 12.0 Å². The van der Waals surface area contributed by atoms with E-state index in [4.69, 9.17) is 10.8 Å². The van der Waals surface area contributed by atoms with Crippen LogP contribution in [0.5, 0.6) is 0 Å². The molecule has 206 valence electrons. The van der Waals surface area contributed by atoms with Crippen molar-refractivity contribution >= 4 is 29.7 Å². The summed E-state index contributed by atoms with van der Waals surface area (Å²) >= 11 is 0. The van der Waals surface area contributed by atoms with Gasteiger partial charge in [0, 0.05) is 12.8 Å². The van der Waals surface area contributed by atoms with Crippen molar-refractivity contribution in [2.75, 3.05) is 0 Å². The predicted molar refractivity (Wildman–Crippen MR) is 137 cm³/mol. The molecule has 0 fully saturated rings. The number of carbonyl (C=O) groups is 5. The Hall–Kier alpha value is -3.47. The van der Waals surface area contributed by atoms with Crippen molar-refractivity contribution in [2.24, 2.45) is 17.6 Å². The number of carboxylic acids is 2. The fraction of sp³-hybridized carbons (Fsp3) is 0.577. The van der Waals surface area contributed by atoms with E-state index in [1.165, 1.54) is 0 Å². The van der Waals surface area contributed by atoms with E-state index in [2.05, 4.69) is 16.0 Å². The largest absolute Gasteiger partial charge is 0.481 e. The third-order valence-electron chi connectivity index (χ3n) is 5.58. The van der Waals surface area contributed by atoms with Crippen LogP contribution in [0.4, 0.5) is 0 Å². The molecule has 0 aliphatic heterocycles. The molecule has 0 bridgehead atoms. The van der Waals surface area contributed by atoms with E-state index in [9.17, 15) is 29.1 Å². The van der Waals surface area contributed by atoms with Gasteiger partial charge in [-0.2, -0.15) is 0 Å². The van der Waals surface area contributed by atoms with Gasteiger partial charge in [0.25, 0.3) is 0 Å². The molecule has 0 heterocycles. The molecule has 1 aromatic carbocycles. The molecule has 7 N–H and O–H groups in total. The minimum Gasteiger partial charge on any atom is -0.481 e. The van der Waals surface area contributed by atoms with Crippen LogP contribution in [0.15, 0.2) is 30.3 Å². The van der Waals surface area contributed by atoms with Crippen molar-refractivity contribution in [3.8, 4) is 0 Å². The number of nitrogens with two attached hydrogens (primary N) is 1. The molecule has 11 nitrogen and oxygen atoms in total. The summed E-state index contributed by atoms with van der Waals surface area (Å²) in [5.41, 5.74) is 6.62. The van der Waals surface area contributed by atoms with Gasteiger partial charge in [0.1, 0.15) is 18.1 Å². The maximum absolute atomic E-state index is 13.1. The minimum atomic E-state index is -1.23. The molecule has 0 aliphatic rings. The molecule has 0 radical (unpaired) electrons. The molecule has 0 aromatic heterocycles. The number of benzene rings is 1. The average molecular weight is 521 g/mol. The Labute approximate surface area is 217 Å². The van der Waals surface area contributed by atoms with Crippen LogP contribution in [0, 0.1) is 11.8 Å². The van der Waals surface area contributed by atoms with E-state index in [1.807, 2.05) is 27.7 Å². The van der Waals surface area contributed by atoms with Crippen molar-refractivity contribution < 1.29 is 34.2 Å². The SMILES string of the molecule is CC(C)CC(N)C(=O)NC(CCC(=O)O)C(=O)NC(CC(C)C)C(=O)NC(Cc1ccccc1)C(=O)O. The zero-order chi connectivity index (χ0) is 28.1. The Morgan fingerprint density at radius 1 is 0.757 bits per heavy atom. The van der Waals surface area contributed by atoms with Gasteiger partial charge in [0.2, 0.25) is 17.7 Å². The van der Waals surface area contributed by atoms with E-state index in [-0.39, 0.29) is 31.1 Å². The van der Waals surface area contributed by atoms with Gasteiger partial charge in [-0.25, -0.2) is 4.79 Å². The molecule has 4 atom stereocenters. The lowest BCUT2D eigenvalue weighted by molar-refractivity contribution is -0.142. The van der Waals surface area contributed by atoms with Crippen molar-refractivity contribution in [2.45, 2.75) is 84.0 Å². The summed E-state index contributed by atoms with van der Waals surface area (Å²) < 4.78 is 0. The monoisotopic (exact) mass is 520 g/mol. The van der Waals surface area contributed by atoms with Gasteiger partial charge < -0.3 is 31.9 Å². The lowest BCUT2D eigenvalue weighted by Gasteiger charge is -2.26. The number of aliphatic carboxylic acids is 2. The summed E-state index contributed by atoms with van der Waals surface area (Å²) in [4.78, 5) is 61.6. The third-order valence-corrected chi connectivity index (χ3v) is 5.58. The molecule has 37 heavy (non-hydrogen) atoms. The van der Waals surface area contributed by atoms with Crippen LogP contribution in [0.1, 0.15) is 58.9 Å². The van der Waals surface area contributed by atoms with Crippen LogP contribution < -0.4 is 21.7 Å². The molecule has 0 saturated heterocycles. The molecule has 0 spiro atoms. The molecule has 11 heteroatoms. The molecule has 1 aromatic rings. The molecule has 4 unspecified atom stereocenters. The number of nitrogens with one attached hydrogen (secondary N) is 3. The van der Waals surface area contributed by atoms with Crippen molar-refractivity contribution in [1.82, 2.24) is 16.0 Å². The van der Waals surface area contributed by atoms with Gasteiger partial charge in [-0.05, 0) is 36.7 Å². The molecule has 3 amide bonds. The fourth-order valence-corrected chi connectivity index (χ4v) is 3.73. The summed E-state index contributed by atoms with van der Waals surface area (Å²) in [5, 5.41) is 26.3. The van der Waals surface area contributed by atoms with Crippen LogP contribution in [-0.2, 0) is 30.4 Å². The first-order chi connectivity index (χ1) is 17.3. The summed E-state index contributed by atoms with van der Waals surface area (Å²) in [5.74, 6) is -4.33. The maximum atomic E-state index is 13.1. The summed E-state index contributed by atoms with van der Waals surface area (Å²) in [6.07, 6.45) is 0.0204. The van der Waals surface area contributed by atoms with Gasteiger partial charge in [-0.3, -0.25) is 19.2 Å². The quantitative estimate of drug-likeness (QED) is 0.186. The van der Waals surface area contributed by atoms with Crippen LogP contribution >= 0.6 is 0 Å². The van der Waals surface area contributed by atoms with Gasteiger partial charge in [-0.15, -0.1) is 0 Å². The second kappa shape index (κ2) is 15.6. The number of rotatable bonds is 16. The average Bonchev–Trinajstić information content (AvgIpc) is 2.80. The standard InChI is InChI=1S/C26H40N4O7/c1-15(2)12-18(27)23(33)28-19(10-11-22(31)32)24(34)29-20(13-16(3)4)25(35)30-21(26(36)37)14-17-8-6-5-7-9-17/h5-9,15-16,18-21H,10-14,27H2,1-4H3,(H,28,33)(H,29,34)(H,30,35)(H,31,32)(H,36,37). The van der Waals surface area contributed by atoms with Gasteiger partial charge in [0.05, 0.1) is 6.04 Å². The number of carboxylic acid groups (broad SMARTS) is 2. The molecule has 0 aliphatic carbocycles. The van der Waals surface area contributed by atoms with E-state index < -0.39 is 60.2 Å². The summed E-state index contributed by atoms with van der Waals surface area (Å²) in [6.45, 7) is 7.44. The Morgan fingerprint density at radius 2 is 1.27 bits per heavy atom. The third kappa shape index (κ3) is 12.4. The first-order valence-corrected chi connectivity index (χ1v) is 12.4. The maximum Gasteiger partial charge on any atom is 0.326 e. The Kier molecular flexibility index (Phi) is 13.3. The summed E-state index contributed by atoms with van der Waals surface area (Å²) in [7, 11) is 0. The van der Waals surface area contributed by atoms with E-state index in [1.54, 1.807) is 30.3 Å². The zero-order valence-electron chi connectivity index (χ0n) is 21.9. The second-order valence-electron chi connectivity index (χ2n) is 10.0. The highest BCUT2D eigenvalue weighted by Gasteiger charge is 2.31. The lowest BCUT2D eigenvalue weighted by Crippen LogP contribution is -2.57. The molecular formula is C26H40N4O7. The van der Waals surface area contributed by atoms with Crippen molar-refractivity contribution in [3.63, 3.8) is 0 Å². The smallest absolute Gasteiger partial charge is 0.326 e. The topological polar surface area (TPSA) is 188 Å². The van der Waals surface area contributed by atoms with Crippen molar-refractivity contribution in [3.05, 3.63) is 35.9 Å². The first-order valence-electron chi connectivity index (χ1n) is 12.4. The van der Waals surface area contributed by atoms with Gasteiger partial charge in [-0.1, -0.05) is 58.0 Å². The van der Waals surface area contributed by atoms with Crippen molar-refractivity contribution in [1.29, 1.82) is 0 Å². The normalized spacial score (nSPS) is 14.4. The lowest BCUT2D eigenvalue weighted by atomic mass is 10.00. The predicted octanol–water partition coefficient (Wildman–Crippen LogP) is 1.05. The highest BCUT2D eigenvalue weighted by Crippen LogP contribution is 2.10. The van der Waals surface area contributed by atoms with Crippen LogP contribution in [-0.4, -0.2) is 64.0 Å². The Bertz CT molecular complexity index is 921. The zero-order valence-corrected chi connectivity index (χ0v) is 21.9. The van der Waals surface area contributed by atoms with Crippen LogP contribution in [0.25, 0.3) is 0 Å². The second-order valence-corrected chi connectivity index (χ2v) is 10.0. The first kappa shape index (κ1) is 31.6. The van der Waals surface area contributed by atoms with Gasteiger partial charge >= 0.3 is 11.9 Å². The fourth-order valence-electron chi connectivity index (χ4n) is 3.73. The number of hydrogen-bond donors (Lipinski definition) is 6. The molecule has 0 saturated carbocycles.